The molecule has 0 saturated carbocycles. The van der Waals surface area contributed by atoms with Crippen LogP contribution in [-0.2, 0) is 22.4 Å². The molecule has 0 spiro atoms. The number of halogens is 2. The summed E-state index contributed by atoms with van der Waals surface area (Å²) in [6.45, 7) is 2.13. The summed E-state index contributed by atoms with van der Waals surface area (Å²) in [5.41, 5.74) is 7.32. The second-order valence-electron chi connectivity index (χ2n) is 4.49. The van der Waals surface area contributed by atoms with Crippen LogP contribution in [0.3, 0.4) is 0 Å². The molecule has 19 heavy (non-hydrogen) atoms. The summed E-state index contributed by atoms with van der Waals surface area (Å²) in [5.74, 6) is 0.415. The van der Waals surface area contributed by atoms with Gasteiger partial charge in [0.2, 0.25) is 0 Å². The predicted octanol–water partition coefficient (Wildman–Crippen LogP) is 2.24. The van der Waals surface area contributed by atoms with Gasteiger partial charge in [-0.2, -0.15) is 0 Å². The zero-order valence-corrected chi connectivity index (χ0v) is 13.3. The molecule has 0 fully saturated rings. The van der Waals surface area contributed by atoms with Crippen LogP contribution in [0.5, 0.6) is 5.75 Å². The Kier molecular flexibility index (Phi) is 5.24. The molecule has 2 N–H and O–H groups in total. The largest absolute Gasteiger partial charge is 0.496 e. The molecule has 1 aromatic rings. The van der Waals surface area contributed by atoms with E-state index >= 15 is 0 Å². The van der Waals surface area contributed by atoms with Gasteiger partial charge in [-0.1, -0.05) is 0 Å². The van der Waals surface area contributed by atoms with E-state index in [-0.39, 0.29) is 18.4 Å². The first-order valence-corrected chi connectivity index (χ1v) is 6.61. The van der Waals surface area contributed by atoms with Crippen LogP contribution in [0.15, 0.2) is 16.6 Å². The maximum Gasteiger partial charge on any atom is 0.326 e. The average molecular weight is 351 g/mol. The monoisotopic (exact) mass is 349 g/mol. The third-order valence-corrected chi connectivity index (χ3v) is 3.79. The van der Waals surface area contributed by atoms with Crippen molar-refractivity contribution in [1.29, 1.82) is 0 Å². The SMILES string of the molecule is CCOC(=O)C1(N)Cc2cc(Br)c(OC)cc2C1.Cl. The van der Waals surface area contributed by atoms with Crippen molar-refractivity contribution in [1.82, 2.24) is 0 Å². The van der Waals surface area contributed by atoms with Crippen LogP contribution in [0.2, 0.25) is 0 Å². The number of carbonyl (C=O) groups is 1. The molecule has 0 radical (unpaired) electrons. The quantitative estimate of drug-likeness (QED) is 0.849. The molecule has 0 heterocycles. The topological polar surface area (TPSA) is 61.5 Å². The van der Waals surface area contributed by atoms with Gasteiger partial charge >= 0.3 is 5.97 Å². The van der Waals surface area contributed by atoms with Crippen LogP contribution < -0.4 is 10.5 Å². The van der Waals surface area contributed by atoms with Crippen molar-refractivity contribution in [3.63, 3.8) is 0 Å². The summed E-state index contributed by atoms with van der Waals surface area (Å²) in [6.07, 6.45) is 0.995. The Morgan fingerprint density at radius 2 is 2.00 bits per heavy atom. The summed E-state index contributed by atoms with van der Waals surface area (Å²) in [6, 6.07) is 3.88. The van der Waals surface area contributed by atoms with Gasteiger partial charge in [0.05, 0.1) is 18.2 Å². The van der Waals surface area contributed by atoms with Gasteiger partial charge < -0.3 is 15.2 Å². The molecule has 6 heteroatoms. The van der Waals surface area contributed by atoms with E-state index in [0.29, 0.717) is 19.4 Å². The lowest BCUT2D eigenvalue weighted by Gasteiger charge is -2.20. The van der Waals surface area contributed by atoms with E-state index in [1.54, 1.807) is 14.0 Å². The normalized spacial score (nSPS) is 20.4. The fraction of sp³-hybridized carbons (Fsp3) is 0.462. The Morgan fingerprint density at radius 3 is 2.53 bits per heavy atom. The fourth-order valence-corrected chi connectivity index (χ4v) is 2.84. The molecular formula is C13H17BrClNO3. The first kappa shape index (κ1) is 16.3. The van der Waals surface area contributed by atoms with Crippen LogP contribution >= 0.6 is 28.3 Å². The Hall–Kier alpha value is -0.780. The lowest BCUT2D eigenvalue weighted by molar-refractivity contribution is -0.149. The number of rotatable bonds is 3. The van der Waals surface area contributed by atoms with Crippen LogP contribution in [-0.4, -0.2) is 25.2 Å². The smallest absolute Gasteiger partial charge is 0.326 e. The number of benzene rings is 1. The molecule has 1 aliphatic rings. The molecule has 0 bridgehead atoms. The number of methoxy groups -OCH3 is 1. The Bertz CT molecular complexity index is 495. The third-order valence-electron chi connectivity index (χ3n) is 3.17. The van der Waals surface area contributed by atoms with E-state index in [4.69, 9.17) is 15.2 Å². The van der Waals surface area contributed by atoms with Crippen molar-refractivity contribution in [3.05, 3.63) is 27.7 Å². The molecular weight excluding hydrogens is 334 g/mol. The molecule has 1 aliphatic carbocycles. The van der Waals surface area contributed by atoms with Crippen LogP contribution in [0.25, 0.3) is 0 Å². The molecule has 1 aromatic carbocycles. The van der Waals surface area contributed by atoms with Crippen LogP contribution in [0.4, 0.5) is 0 Å². The van der Waals surface area contributed by atoms with Crippen molar-refractivity contribution < 1.29 is 14.3 Å². The minimum atomic E-state index is -0.940. The summed E-state index contributed by atoms with van der Waals surface area (Å²) in [5, 5.41) is 0. The van der Waals surface area contributed by atoms with Gasteiger partial charge in [-0.3, -0.25) is 4.79 Å². The standard InChI is InChI=1S/C13H16BrNO3.ClH/c1-3-18-12(16)13(15)6-8-4-10(14)11(17-2)5-9(8)7-13;/h4-5H,3,6-7,15H2,1-2H3;1H. The number of esters is 1. The van der Waals surface area contributed by atoms with Gasteiger partial charge in [0, 0.05) is 12.8 Å². The molecule has 0 saturated heterocycles. The van der Waals surface area contributed by atoms with Crippen molar-refractivity contribution in [3.8, 4) is 5.75 Å². The van der Waals surface area contributed by atoms with E-state index in [2.05, 4.69) is 15.9 Å². The van der Waals surface area contributed by atoms with Crippen LogP contribution in [0.1, 0.15) is 18.1 Å². The van der Waals surface area contributed by atoms with Gasteiger partial charge in [0.25, 0.3) is 0 Å². The number of ether oxygens (including phenoxy) is 2. The van der Waals surface area contributed by atoms with E-state index in [1.807, 2.05) is 12.1 Å². The molecule has 106 valence electrons. The minimum absolute atomic E-state index is 0. The van der Waals surface area contributed by atoms with Crippen LogP contribution in [0, 0.1) is 0 Å². The van der Waals surface area contributed by atoms with Crippen molar-refractivity contribution >= 4 is 34.3 Å². The molecule has 0 aromatic heterocycles. The Morgan fingerprint density at radius 1 is 1.42 bits per heavy atom. The highest BCUT2D eigenvalue weighted by molar-refractivity contribution is 9.10. The lowest BCUT2D eigenvalue weighted by Crippen LogP contribution is -2.50. The third kappa shape index (κ3) is 3.04. The van der Waals surface area contributed by atoms with Crippen molar-refractivity contribution in [2.75, 3.05) is 13.7 Å². The highest BCUT2D eigenvalue weighted by Gasteiger charge is 2.42. The second-order valence-corrected chi connectivity index (χ2v) is 5.34. The maximum atomic E-state index is 11.9. The van der Waals surface area contributed by atoms with E-state index in [0.717, 1.165) is 21.3 Å². The fourth-order valence-electron chi connectivity index (χ4n) is 2.28. The molecule has 0 aliphatic heterocycles. The molecule has 0 amide bonds. The predicted molar refractivity (Wildman–Crippen MR) is 78.9 cm³/mol. The number of hydrogen-bond acceptors (Lipinski definition) is 4. The van der Waals surface area contributed by atoms with Gasteiger partial charge in [0.15, 0.2) is 0 Å². The number of hydrogen-bond donors (Lipinski definition) is 1. The first-order chi connectivity index (χ1) is 8.50. The average Bonchev–Trinajstić information content (AvgIpc) is 2.65. The van der Waals surface area contributed by atoms with Gasteiger partial charge in [-0.25, -0.2) is 0 Å². The second kappa shape index (κ2) is 6.11. The van der Waals surface area contributed by atoms with Crippen molar-refractivity contribution in [2.24, 2.45) is 5.73 Å². The first-order valence-electron chi connectivity index (χ1n) is 5.81. The molecule has 1 unspecified atom stereocenters. The number of nitrogens with two attached hydrogens (primary N) is 1. The molecule has 1 atom stereocenters. The van der Waals surface area contributed by atoms with Gasteiger partial charge in [-0.05, 0) is 46.1 Å². The molecule has 2 rings (SSSR count). The highest BCUT2D eigenvalue weighted by Crippen LogP contribution is 2.36. The summed E-state index contributed by atoms with van der Waals surface area (Å²) >= 11 is 3.43. The van der Waals surface area contributed by atoms with Gasteiger partial charge in [-0.15, -0.1) is 12.4 Å². The highest BCUT2D eigenvalue weighted by atomic mass is 79.9. The zero-order chi connectivity index (χ0) is 13.3. The number of carbonyl (C=O) groups excluding carboxylic acids is 1. The Balaban J connectivity index is 0.00000180. The maximum absolute atomic E-state index is 11.9. The zero-order valence-electron chi connectivity index (χ0n) is 10.9. The van der Waals surface area contributed by atoms with E-state index in [1.165, 1.54) is 0 Å². The lowest BCUT2D eigenvalue weighted by atomic mass is 9.98. The molecule has 4 nitrogen and oxygen atoms in total. The van der Waals surface area contributed by atoms with Crippen molar-refractivity contribution in [2.45, 2.75) is 25.3 Å². The number of fused-ring (bicyclic) bond motifs is 1. The van der Waals surface area contributed by atoms with E-state index in [9.17, 15) is 4.79 Å². The van der Waals surface area contributed by atoms with E-state index < -0.39 is 5.54 Å². The summed E-state index contributed by atoms with van der Waals surface area (Å²) in [7, 11) is 1.61. The summed E-state index contributed by atoms with van der Waals surface area (Å²) in [4.78, 5) is 11.9. The van der Waals surface area contributed by atoms with Gasteiger partial charge in [0.1, 0.15) is 11.3 Å². The Labute approximate surface area is 127 Å². The summed E-state index contributed by atoms with van der Waals surface area (Å²) < 4.78 is 11.2. The minimum Gasteiger partial charge on any atom is -0.496 e.